The molecule has 0 aliphatic rings. The lowest BCUT2D eigenvalue weighted by molar-refractivity contribution is 0.0975. The van der Waals surface area contributed by atoms with Crippen LogP contribution in [-0.4, -0.2) is 11.8 Å². The lowest BCUT2D eigenvalue weighted by Crippen LogP contribution is -2.26. The standard InChI is InChI=1S/C16H16BrNO/c1-11-6-8-15(9-7-11)18-12(2)16(19)13-4-3-5-14(17)10-13/h3-10,12,18H,1-2H3. The van der Waals surface area contributed by atoms with Gasteiger partial charge in [0.15, 0.2) is 5.78 Å². The highest BCUT2D eigenvalue weighted by Gasteiger charge is 2.14. The largest absolute Gasteiger partial charge is 0.375 e. The van der Waals surface area contributed by atoms with Crippen molar-refractivity contribution in [1.82, 2.24) is 0 Å². The van der Waals surface area contributed by atoms with Gasteiger partial charge < -0.3 is 5.32 Å². The van der Waals surface area contributed by atoms with Gasteiger partial charge in [-0.05, 0) is 38.1 Å². The van der Waals surface area contributed by atoms with Crippen molar-refractivity contribution in [3.63, 3.8) is 0 Å². The summed E-state index contributed by atoms with van der Waals surface area (Å²) in [5, 5.41) is 3.22. The Bertz CT molecular complexity index is 578. The zero-order valence-electron chi connectivity index (χ0n) is 11.0. The predicted octanol–water partition coefficient (Wildman–Crippen LogP) is 4.44. The highest BCUT2D eigenvalue weighted by molar-refractivity contribution is 9.10. The molecule has 2 rings (SSSR count). The fourth-order valence-electron chi connectivity index (χ4n) is 1.86. The van der Waals surface area contributed by atoms with E-state index in [1.165, 1.54) is 5.56 Å². The van der Waals surface area contributed by atoms with Crippen LogP contribution in [0.1, 0.15) is 22.8 Å². The molecule has 1 unspecified atom stereocenters. The van der Waals surface area contributed by atoms with E-state index in [1.807, 2.05) is 62.4 Å². The first kappa shape index (κ1) is 13.8. The van der Waals surface area contributed by atoms with Crippen molar-refractivity contribution in [2.75, 3.05) is 5.32 Å². The molecule has 2 aromatic rings. The van der Waals surface area contributed by atoms with Gasteiger partial charge in [0.25, 0.3) is 0 Å². The van der Waals surface area contributed by atoms with E-state index in [4.69, 9.17) is 0 Å². The van der Waals surface area contributed by atoms with Gasteiger partial charge in [0.2, 0.25) is 0 Å². The third-order valence-corrected chi connectivity index (χ3v) is 3.43. The van der Waals surface area contributed by atoms with Crippen LogP contribution in [0, 0.1) is 6.92 Å². The van der Waals surface area contributed by atoms with Gasteiger partial charge in [-0.15, -0.1) is 0 Å². The molecule has 0 saturated heterocycles. The van der Waals surface area contributed by atoms with Gasteiger partial charge in [0.1, 0.15) is 0 Å². The second-order valence-corrected chi connectivity index (χ2v) is 5.52. The Morgan fingerprint density at radius 1 is 1.16 bits per heavy atom. The van der Waals surface area contributed by atoms with Crippen molar-refractivity contribution < 1.29 is 4.79 Å². The van der Waals surface area contributed by atoms with E-state index >= 15 is 0 Å². The molecule has 0 saturated carbocycles. The summed E-state index contributed by atoms with van der Waals surface area (Å²) in [5.74, 6) is 0.0851. The molecule has 0 bridgehead atoms. The smallest absolute Gasteiger partial charge is 0.184 e. The zero-order chi connectivity index (χ0) is 13.8. The van der Waals surface area contributed by atoms with E-state index in [9.17, 15) is 4.79 Å². The number of Topliss-reactive ketones (excluding diaryl/α,β-unsaturated/α-hetero) is 1. The lowest BCUT2D eigenvalue weighted by atomic mass is 10.1. The first-order valence-corrected chi connectivity index (χ1v) is 6.98. The minimum absolute atomic E-state index is 0.0851. The van der Waals surface area contributed by atoms with E-state index in [0.717, 1.165) is 10.2 Å². The number of carbonyl (C=O) groups excluding carboxylic acids is 1. The van der Waals surface area contributed by atoms with Crippen molar-refractivity contribution in [2.45, 2.75) is 19.9 Å². The number of halogens is 1. The van der Waals surface area contributed by atoms with Crippen LogP contribution in [0.25, 0.3) is 0 Å². The number of nitrogens with one attached hydrogen (secondary N) is 1. The van der Waals surface area contributed by atoms with Crippen molar-refractivity contribution >= 4 is 27.4 Å². The van der Waals surface area contributed by atoms with E-state index in [0.29, 0.717) is 5.56 Å². The highest BCUT2D eigenvalue weighted by atomic mass is 79.9. The van der Waals surface area contributed by atoms with Crippen LogP contribution < -0.4 is 5.32 Å². The molecule has 0 fully saturated rings. The van der Waals surface area contributed by atoms with E-state index < -0.39 is 0 Å². The fourth-order valence-corrected chi connectivity index (χ4v) is 2.26. The summed E-state index contributed by atoms with van der Waals surface area (Å²) < 4.78 is 0.917. The lowest BCUT2D eigenvalue weighted by Gasteiger charge is -2.14. The summed E-state index contributed by atoms with van der Waals surface area (Å²) in [4.78, 5) is 12.3. The Hall–Kier alpha value is -1.61. The minimum Gasteiger partial charge on any atom is -0.375 e. The molecule has 19 heavy (non-hydrogen) atoms. The molecule has 0 aliphatic carbocycles. The molecular formula is C16H16BrNO. The predicted molar refractivity (Wildman–Crippen MR) is 82.7 cm³/mol. The molecule has 0 spiro atoms. The maximum Gasteiger partial charge on any atom is 0.184 e. The number of hydrogen-bond donors (Lipinski definition) is 1. The third kappa shape index (κ3) is 3.67. The molecule has 0 aliphatic heterocycles. The van der Waals surface area contributed by atoms with Crippen LogP contribution in [0.5, 0.6) is 0 Å². The van der Waals surface area contributed by atoms with Crippen molar-refractivity contribution in [3.8, 4) is 0 Å². The van der Waals surface area contributed by atoms with Gasteiger partial charge in [-0.3, -0.25) is 4.79 Å². The number of benzene rings is 2. The van der Waals surface area contributed by atoms with Crippen molar-refractivity contribution in [3.05, 3.63) is 64.1 Å². The molecular weight excluding hydrogens is 302 g/mol. The summed E-state index contributed by atoms with van der Waals surface area (Å²) in [6.07, 6.45) is 0. The van der Waals surface area contributed by atoms with Crippen LogP contribution in [0.3, 0.4) is 0 Å². The first-order chi connectivity index (χ1) is 9.06. The van der Waals surface area contributed by atoms with E-state index in [-0.39, 0.29) is 11.8 Å². The summed E-state index contributed by atoms with van der Waals surface area (Å²) in [7, 11) is 0. The zero-order valence-corrected chi connectivity index (χ0v) is 12.6. The summed E-state index contributed by atoms with van der Waals surface area (Å²) in [5.41, 5.74) is 2.87. The summed E-state index contributed by atoms with van der Waals surface area (Å²) in [6, 6.07) is 15.2. The Morgan fingerprint density at radius 3 is 2.47 bits per heavy atom. The van der Waals surface area contributed by atoms with Gasteiger partial charge in [0.05, 0.1) is 6.04 Å². The second-order valence-electron chi connectivity index (χ2n) is 4.61. The van der Waals surface area contributed by atoms with Crippen molar-refractivity contribution in [1.29, 1.82) is 0 Å². The monoisotopic (exact) mass is 317 g/mol. The van der Waals surface area contributed by atoms with Gasteiger partial charge in [-0.1, -0.05) is 45.8 Å². The normalized spacial score (nSPS) is 11.9. The number of hydrogen-bond acceptors (Lipinski definition) is 2. The quantitative estimate of drug-likeness (QED) is 0.844. The number of ketones is 1. The molecule has 0 amide bonds. The molecule has 3 heteroatoms. The molecule has 2 nitrogen and oxygen atoms in total. The summed E-state index contributed by atoms with van der Waals surface area (Å²) in [6.45, 7) is 3.92. The number of aryl methyl sites for hydroxylation is 1. The second kappa shape index (κ2) is 6.02. The number of anilines is 1. The SMILES string of the molecule is Cc1ccc(NC(C)C(=O)c2cccc(Br)c2)cc1. The van der Waals surface area contributed by atoms with Gasteiger partial charge >= 0.3 is 0 Å². The van der Waals surface area contributed by atoms with E-state index in [1.54, 1.807) is 0 Å². The maximum absolute atomic E-state index is 12.3. The average molecular weight is 318 g/mol. The van der Waals surface area contributed by atoms with E-state index in [2.05, 4.69) is 21.2 Å². The molecule has 0 heterocycles. The fraction of sp³-hybridized carbons (Fsp3) is 0.188. The number of rotatable bonds is 4. The highest BCUT2D eigenvalue weighted by Crippen LogP contribution is 2.16. The molecule has 1 atom stereocenters. The molecule has 1 N–H and O–H groups in total. The van der Waals surface area contributed by atoms with Crippen LogP contribution >= 0.6 is 15.9 Å². The van der Waals surface area contributed by atoms with Crippen LogP contribution in [0.4, 0.5) is 5.69 Å². The van der Waals surface area contributed by atoms with Crippen LogP contribution in [0.15, 0.2) is 53.0 Å². The van der Waals surface area contributed by atoms with Crippen LogP contribution in [0.2, 0.25) is 0 Å². The van der Waals surface area contributed by atoms with Gasteiger partial charge in [-0.2, -0.15) is 0 Å². The van der Waals surface area contributed by atoms with Crippen LogP contribution in [-0.2, 0) is 0 Å². The van der Waals surface area contributed by atoms with Gasteiger partial charge in [-0.25, -0.2) is 0 Å². The van der Waals surface area contributed by atoms with Gasteiger partial charge in [0, 0.05) is 15.7 Å². The molecule has 98 valence electrons. The Kier molecular flexibility index (Phi) is 4.38. The Balaban J connectivity index is 2.09. The maximum atomic E-state index is 12.3. The minimum atomic E-state index is -0.253. The topological polar surface area (TPSA) is 29.1 Å². The van der Waals surface area contributed by atoms with Crippen molar-refractivity contribution in [2.24, 2.45) is 0 Å². The number of carbonyl (C=O) groups is 1. The first-order valence-electron chi connectivity index (χ1n) is 6.19. The Morgan fingerprint density at radius 2 is 1.84 bits per heavy atom. The molecule has 0 radical (unpaired) electrons. The summed E-state index contributed by atoms with van der Waals surface area (Å²) >= 11 is 3.38. The average Bonchev–Trinajstić information content (AvgIpc) is 2.40. The molecule has 0 aromatic heterocycles. The molecule has 2 aromatic carbocycles. The Labute approximate surface area is 122 Å². The third-order valence-electron chi connectivity index (χ3n) is 2.94.